The van der Waals surface area contributed by atoms with E-state index in [0.717, 1.165) is 114 Å². The van der Waals surface area contributed by atoms with Gasteiger partial charge in [-0.05, 0) is 126 Å². The molecule has 10 rings (SSSR count). The molecule has 0 saturated heterocycles. The Morgan fingerprint density at radius 2 is 1.19 bits per heavy atom. The molecule has 0 fully saturated rings. The van der Waals surface area contributed by atoms with Gasteiger partial charge < -0.3 is 38.3 Å². The molecule has 6 atom stereocenters. The van der Waals surface area contributed by atoms with Crippen molar-refractivity contribution in [3.05, 3.63) is 186 Å². The SMILES string of the molecule is CCC(C)C(C)c1c2ncccc2[c-]n1-c1ccccn1.CCC(C)c1cn(-c2cnc(C(C)CC)cn2)[c-]n1.CCCC(C)c1cnc(-n2[c-]nc3c(C(CC)CCC)ccnc32)cn1.[C-]#[N+]c1n[c-]n(-c2cc(CC(C)(C)C)ccn2)c1[N+]#[C-].[Ir].[Ir].[Ir].[Rh]. The van der Waals surface area contributed by atoms with E-state index >= 15 is 0 Å². The molecule has 17 nitrogen and oxygen atoms in total. The molecule has 4 radical (unpaired) electrons. The average Bonchev–Trinajstić information content (AvgIpc) is 1.71. The number of hydrogen-bond acceptors (Lipinski definition) is 11. The number of fused-ring (bicyclic) bond motifs is 2. The normalized spacial score (nSPS) is 12.8. The van der Waals surface area contributed by atoms with Gasteiger partial charge in [-0.3, -0.25) is 39.5 Å². The van der Waals surface area contributed by atoms with Crippen molar-refractivity contribution >= 4 is 33.7 Å². The summed E-state index contributed by atoms with van der Waals surface area (Å²) in [4.78, 5) is 55.2. The van der Waals surface area contributed by atoms with Gasteiger partial charge >= 0.3 is 5.82 Å². The standard InChI is InChI=1S/C21H28N5.C18H20N3.C15H14N5.C15H21N4.3Ir.Rh/c1-5-8-15(4)18-12-24-19(13-23-18)26-14-25-20-17(10-11-22-21(20)26)16(7-3)9-6-2;1-4-13(2)14(3)18-17-15(8-7-11-20-17)12-21(18)16-9-5-6-10-19-16;1-15(2,3)9-11-6-7-18-12(8-11)20-10-19-13(16-4)14(20)17-5;1-5-11(3)13-7-17-15(8-16-13)19-9-14(18-10-19)12(4)6-2;;;;/h10-13,15-16H,5-9H2,1-4H3;5-11,13-14H,4H2,1-3H3;6-8H,9H2,1-3H3;7-9,11-12H,5-6H2,1-4H3;;;;/q4*-1;;;;. The molecular formula is C69H83Ir3N17Rh-4. The molecule has 10 aromatic heterocycles. The van der Waals surface area contributed by atoms with Gasteiger partial charge in [-0.15, -0.1) is 6.07 Å². The molecule has 0 amide bonds. The van der Waals surface area contributed by atoms with Crippen molar-refractivity contribution in [3.8, 4) is 23.3 Å². The zero-order valence-electron chi connectivity index (χ0n) is 54.1. The first kappa shape index (κ1) is 78.0. The minimum atomic E-state index is 0. The van der Waals surface area contributed by atoms with Crippen molar-refractivity contribution in [1.29, 1.82) is 0 Å². The second kappa shape index (κ2) is 37.9. The maximum Gasteiger partial charge on any atom is 0.353 e. The van der Waals surface area contributed by atoms with Crippen LogP contribution in [0.25, 0.3) is 55.0 Å². The molecule has 0 spiro atoms. The summed E-state index contributed by atoms with van der Waals surface area (Å²) >= 11 is 0. The Morgan fingerprint density at radius 3 is 1.79 bits per heavy atom. The molecule has 0 aliphatic rings. The van der Waals surface area contributed by atoms with Gasteiger partial charge in [0.25, 0.3) is 12.1 Å². The molecule has 10 heterocycles. The van der Waals surface area contributed by atoms with Crippen molar-refractivity contribution in [2.75, 3.05) is 0 Å². The van der Waals surface area contributed by atoms with Crippen LogP contribution in [0.5, 0.6) is 0 Å². The summed E-state index contributed by atoms with van der Waals surface area (Å²) in [5, 5.41) is 1.05. The van der Waals surface area contributed by atoms with Crippen LogP contribution in [-0.2, 0) is 86.2 Å². The maximum atomic E-state index is 7.17. The van der Waals surface area contributed by atoms with Crippen LogP contribution in [0.4, 0.5) is 11.6 Å². The predicted octanol–water partition coefficient (Wildman–Crippen LogP) is 16.8. The summed E-state index contributed by atoms with van der Waals surface area (Å²) in [6.45, 7) is 44.9. The molecule has 484 valence electrons. The van der Waals surface area contributed by atoms with E-state index in [0.29, 0.717) is 47.1 Å². The van der Waals surface area contributed by atoms with E-state index in [1.54, 1.807) is 18.6 Å². The third-order valence-corrected chi connectivity index (χ3v) is 15.8. The minimum absolute atomic E-state index is 0. The Labute approximate surface area is 587 Å². The van der Waals surface area contributed by atoms with Gasteiger partial charge in [0.1, 0.15) is 5.82 Å². The van der Waals surface area contributed by atoms with Crippen molar-refractivity contribution in [3.63, 3.8) is 0 Å². The number of pyridine rings is 4. The van der Waals surface area contributed by atoms with Crippen LogP contribution in [0, 0.1) is 49.7 Å². The maximum absolute atomic E-state index is 7.17. The zero-order chi connectivity index (χ0) is 61.9. The first-order valence-electron chi connectivity index (χ1n) is 30.4. The Balaban J connectivity index is 0.000000311. The van der Waals surface area contributed by atoms with E-state index in [1.165, 1.54) is 15.8 Å². The number of imidazole rings is 3. The van der Waals surface area contributed by atoms with Crippen molar-refractivity contribution in [2.45, 2.75) is 184 Å². The van der Waals surface area contributed by atoms with Crippen LogP contribution in [0.2, 0.25) is 0 Å². The molecule has 0 aliphatic carbocycles. The molecule has 0 bridgehead atoms. The Hall–Kier alpha value is -6.26. The predicted molar refractivity (Wildman–Crippen MR) is 341 cm³/mol. The first-order chi connectivity index (χ1) is 41.5. The Kier molecular flexibility index (Phi) is 32.9. The fourth-order valence-corrected chi connectivity index (χ4v) is 10.00. The number of rotatable bonds is 19. The van der Waals surface area contributed by atoms with E-state index < -0.39 is 0 Å². The van der Waals surface area contributed by atoms with Crippen molar-refractivity contribution in [1.82, 2.24) is 73.1 Å². The van der Waals surface area contributed by atoms with Gasteiger partial charge in [-0.2, -0.15) is 0 Å². The Bertz CT molecular complexity index is 3800. The van der Waals surface area contributed by atoms with Crippen LogP contribution in [0.3, 0.4) is 0 Å². The molecule has 6 unspecified atom stereocenters. The summed E-state index contributed by atoms with van der Waals surface area (Å²) in [7, 11) is 0. The first-order valence-corrected chi connectivity index (χ1v) is 30.4. The largest absolute Gasteiger partial charge is 0.417 e. The van der Waals surface area contributed by atoms with E-state index in [9.17, 15) is 0 Å². The van der Waals surface area contributed by atoms with E-state index in [4.69, 9.17) is 13.1 Å². The third-order valence-electron chi connectivity index (χ3n) is 15.8. The zero-order valence-corrected chi connectivity index (χ0v) is 62.9. The number of hydrogen-bond donors (Lipinski definition) is 0. The van der Waals surface area contributed by atoms with E-state index in [-0.39, 0.29) is 96.8 Å². The van der Waals surface area contributed by atoms with Gasteiger partial charge in [-0.1, -0.05) is 182 Å². The summed E-state index contributed by atoms with van der Waals surface area (Å²) in [6, 6.07) is 15.9. The molecular weight excluding hydrogens is 1750 g/mol. The molecule has 10 aromatic rings. The van der Waals surface area contributed by atoms with Gasteiger partial charge in [0.05, 0.1) is 28.8 Å². The average molecular weight is 1830 g/mol. The van der Waals surface area contributed by atoms with Crippen LogP contribution in [0.1, 0.15) is 212 Å². The molecule has 90 heavy (non-hydrogen) atoms. The van der Waals surface area contributed by atoms with Gasteiger partial charge in [0.15, 0.2) is 0 Å². The number of nitrogens with zero attached hydrogens (tertiary/aromatic N) is 17. The topological polar surface area (TPSA) is 170 Å². The van der Waals surface area contributed by atoms with Crippen molar-refractivity contribution < 1.29 is 79.8 Å². The number of aromatic nitrogens is 15. The minimum Gasteiger partial charge on any atom is -0.417 e. The second-order valence-electron chi connectivity index (χ2n) is 23.3. The Morgan fingerprint density at radius 1 is 0.544 bits per heavy atom. The summed E-state index contributed by atoms with van der Waals surface area (Å²) in [5.41, 5.74) is 9.65. The van der Waals surface area contributed by atoms with Gasteiger partial charge in [0.2, 0.25) is 0 Å². The molecule has 0 aliphatic heterocycles. The quantitative estimate of drug-likeness (QED) is 0.0557. The van der Waals surface area contributed by atoms with Crippen LogP contribution >= 0.6 is 0 Å². The summed E-state index contributed by atoms with van der Waals surface area (Å²) < 4.78 is 7.15. The fraction of sp³-hybridized carbons (Fsp3) is 0.435. The summed E-state index contributed by atoms with van der Waals surface area (Å²) in [5.74, 6) is 5.99. The van der Waals surface area contributed by atoms with Crippen molar-refractivity contribution in [2.24, 2.45) is 11.3 Å². The molecule has 0 aromatic carbocycles. The third kappa shape index (κ3) is 20.1. The van der Waals surface area contributed by atoms with Crippen LogP contribution < -0.4 is 0 Å². The van der Waals surface area contributed by atoms with E-state index in [1.807, 2.05) is 82.7 Å². The smallest absolute Gasteiger partial charge is 0.353 e. The molecule has 0 N–H and O–H groups in total. The molecule has 21 heteroatoms. The monoisotopic (exact) mass is 1830 g/mol. The second-order valence-corrected chi connectivity index (χ2v) is 23.3. The fourth-order valence-electron chi connectivity index (χ4n) is 10.00. The van der Waals surface area contributed by atoms with Crippen LogP contribution in [-0.4, -0.2) is 73.1 Å². The summed E-state index contributed by atoms with van der Waals surface area (Å²) in [6.07, 6.45) is 38.5. The van der Waals surface area contributed by atoms with Gasteiger partial charge in [-0.25, -0.2) is 0 Å². The van der Waals surface area contributed by atoms with Gasteiger partial charge in [0, 0.05) is 148 Å². The van der Waals surface area contributed by atoms with Crippen LogP contribution in [0.15, 0.2) is 104 Å². The van der Waals surface area contributed by atoms with E-state index in [2.05, 4.69) is 203 Å². The molecule has 0 saturated carbocycles.